The molecule has 0 aromatic heterocycles. The van der Waals surface area contributed by atoms with Gasteiger partial charge in [-0.25, -0.2) is 0 Å². The van der Waals surface area contributed by atoms with Crippen molar-refractivity contribution >= 4 is 23.4 Å². The van der Waals surface area contributed by atoms with Gasteiger partial charge < -0.3 is 15.0 Å². The summed E-state index contributed by atoms with van der Waals surface area (Å²) in [5.74, 6) is 2.41. The lowest BCUT2D eigenvalue weighted by molar-refractivity contribution is -0.165. The van der Waals surface area contributed by atoms with Crippen LogP contribution in [0.5, 0.6) is 5.75 Å². The van der Waals surface area contributed by atoms with E-state index in [-0.39, 0.29) is 17.7 Å². The van der Waals surface area contributed by atoms with E-state index in [0.717, 1.165) is 63.4 Å². The van der Waals surface area contributed by atoms with E-state index in [9.17, 15) is 14.4 Å². The molecule has 2 heterocycles. The minimum Gasteiger partial charge on any atom is -0.495 e. The smallest absolute Gasteiger partial charge is 0.243 e. The second-order valence-corrected chi connectivity index (χ2v) is 12.1. The Balaban J connectivity index is 1.01. The summed E-state index contributed by atoms with van der Waals surface area (Å²) in [6, 6.07) is 7.45. The molecule has 1 N–H and O–H groups in total. The number of piperazine rings is 1. The van der Waals surface area contributed by atoms with Crippen molar-refractivity contribution in [2.75, 3.05) is 51.3 Å². The lowest BCUT2D eigenvalue weighted by Crippen LogP contribution is -2.58. The monoisotopic (exact) mass is 508 g/mol. The number of nitrogens with zero attached hydrogens (tertiary/aromatic N) is 3. The van der Waals surface area contributed by atoms with Crippen LogP contribution >= 0.6 is 0 Å². The van der Waals surface area contributed by atoms with Crippen LogP contribution in [-0.4, -0.2) is 79.9 Å². The van der Waals surface area contributed by atoms with Crippen LogP contribution in [0.15, 0.2) is 24.3 Å². The van der Waals surface area contributed by atoms with E-state index in [4.69, 9.17) is 4.74 Å². The van der Waals surface area contributed by atoms with Crippen molar-refractivity contribution in [2.45, 2.75) is 57.4 Å². The number of carbonyl (C=O) groups is 3. The number of ether oxygens (including phenoxy) is 1. The van der Waals surface area contributed by atoms with E-state index >= 15 is 0 Å². The summed E-state index contributed by atoms with van der Waals surface area (Å²) in [6.07, 6.45) is 7.22. The van der Waals surface area contributed by atoms with Gasteiger partial charge in [-0.1, -0.05) is 12.1 Å². The van der Waals surface area contributed by atoms with Crippen LogP contribution in [0, 0.1) is 23.2 Å². The number of benzene rings is 1. The number of hydrogen-bond acceptors (Lipinski definition) is 6. The standard InChI is InChI=1S/C29H40N4O4/c1-37-25-5-3-2-4-23(25)32-12-10-31(11-13-32)9-8-30-27(35)24-6-7-26(34)33(24)28(36)29-17-20-14-21(18-29)16-22(15-20)19-29/h2-5,20-22,24H,6-19H2,1H3,(H,30,35)/t20?,21?,22?,24-,29?/m0/s1. The highest BCUT2D eigenvalue weighted by molar-refractivity contribution is 6.04. The SMILES string of the molecule is COc1ccccc1N1CCN(CCNC(=O)[C@@H]2CCC(=O)N2C(=O)C23CC4CC(CC(C4)C2)C3)CC1. The quantitative estimate of drug-likeness (QED) is 0.571. The molecule has 8 nitrogen and oxygen atoms in total. The number of likely N-dealkylation sites (tertiary alicyclic amines) is 1. The third-order valence-electron chi connectivity index (χ3n) is 9.75. The maximum absolute atomic E-state index is 13.8. The van der Waals surface area contributed by atoms with Gasteiger partial charge in [-0.05, 0) is 74.8 Å². The molecule has 8 heteroatoms. The molecule has 3 amide bonds. The fourth-order valence-corrected chi connectivity index (χ4v) is 8.37. The van der Waals surface area contributed by atoms with Gasteiger partial charge in [0.25, 0.3) is 0 Å². The zero-order chi connectivity index (χ0) is 25.6. The number of amides is 3. The van der Waals surface area contributed by atoms with Crippen molar-refractivity contribution in [2.24, 2.45) is 23.2 Å². The molecular weight excluding hydrogens is 468 g/mol. The van der Waals surface area contributed by atoms with Gasteiger partial charge in [0.2, 0.25) is 17.7 Å². The van der Waals surface area contributed by atoms with Crippen molar-refractivity contribution in [3.8, 4) is 5.75 Å². The molecule has 200 valence electrons. The van der Waals surface area contributed by atoms with E-state index in [1.165, 1.54) is 24.2 Å². The molecule has 2 saturated heterocycles. The Morgan fingerprint density at radius 3 is 2.30 bits per heavy atom. The largest absolute Gasteiger partial charge is 0.495 e. The zero-order valence-electron chi connectivity index (χ0n) is 22.0. The maximum Gasteiger partial charge on any atom is 0.243 e. The van der Waals surface area contributed by atoms with Gasteiger partial charge in [0, 0.05) is 45.7 Å². The molecular formula is C29H40N4O4. The minimum absolute atomic E-state index is 0.0401. The summed E-state index contributed by atoms with van der Waals surface area (Å²) >= 11 is 0. The van der Waals surface area contributed by atoms with Crippen LogP contribution in [0.1, 0.15) is 51.4 Å². The van der Waals surface area contributed by atoms with E-state index in [2.05, 4.69) is 21.2 Å². The number of nitrogens with one attached hydrogen (secondary N) is 1. The van der Waals surface area contributed by atoms with Gasteiger partial charge in [0.15, 0.2) is 0 Å². The Hall–Kier alpha value is -2.61. The topological polar surface area (TPSA) is 82.2 Å². The molecule has 4 saturated carbocycles. The number of imide groups is 1. The summed E-state index contributed by atoms with van der Waals surface area (Å²) in [7, 11) is 1.70. The molecule has 1 aromatic carbocycles. The number of anilines is 1. The highest BCUT2D eigenvalue weighted by Crippen LogP contribution is 2.60. The van der Waals surface area contributed by atoms with Crippen LogP contribution in [0.2, 0.25) is 0 Å². The Bertz CT molecular complexity index is 1010. The van der Waals surface area contributed by atoms with Crippen LogP contribution in [0.3, 0.4) is 0 Å². The average Bonchev–Trinajstić information content (AvgIpc) is 3.29. The second kappa shape index (κ2) is 9.93. The first-order valence-electron chi connectivity index (χ1n) is 14.2. The average molecular weight is 509 g/mol. The molecule has 4 aliphatic carbocycles. The second-order valence-electron chi connectivity index (χ2n) is 12.1. The summed E-state index contributed by atoms with van der Waals surface area (Å²) in [6.45, 7) is 4.91. The highest BCUT2D eigenvalue weighted by atomic mass is 16.5. The van der Waals surface area contributed by atoms with E-state index in [0.29, 0.717) is 37.1 Å². The van der Waals surface area contributed by atoms with Gasteiger partial charge in [-0.3, -0.25) is 24.2 Å². The number of hydrogen-bond donors (Lipinski definition) is 1. The summed E-state index contributed by atoms with van der Waals surface area (Å²) in [5.41, 5.74) is 0.724. The van der Waals surface area contributed by atoms with E-state index < -0.39 is 11.5 Å². The summed E-state index contributed by atoms with van der Waals surface area (Å²) in [4.78, 5) is 45.9. The molecule has 2 aliphatic heterocycles. The van der Waals surface area contributed by atoms with Crippen LogP contribution in [0.25, 0.3) is 0 Å². The fourth-order valence-electron chi connectivity index (χ4n) is 8.37. The van der Waals surface area contributed by atoms with Gasteiger partial charge in [0.05, 0.1) is 18.2 Å². The number of rotatable bonds is 7. The van der Waals surface area contributed by atoms with Crippen molar-refractivity contribution in [1.82, 2.24) is 15.1 Å². The van der Waals surface area contributed by atoms with Gasteiger partial charge in [0.1, 0.15) is 11.8 Å². The third kappa shape index (κ3) is 4.62. The molecule has 4 bridgehead atoms. The molecule has 1 aromatic rings. The molecule has 0 spiro atoms. The van der Waals surface area contributed by atoms with Gasteiger partial charge >= 0.3 is 0 Å². The molecule has 7 rings (SSSR count). The van der Waals surface area contributed by atoms with Crippen LogP contribution in [0.4, 0.5) is 5.69 Å². The summed E-state index contributed by atoms with van der Waals surface area (Å²) < 4.78 is 5.51. The minimum atomic E-state index is -0.643. The fraction of sp³-hybridized carbons (Fsp3) is 0.690. The Morgan fingerprint density at radius 2 is 1.65 bits per heavy atom. The van der Waals surface area contributed by atoms with Crippen molar-refractivity contribution in [1.29, 1.82) is 0 Å². The molecule has 0 radical (unpaired) electrons. The van der Waals surface area contributed by atoms with E-state index in [1.54, 1.807) is 7.11 Å². The first-order valence-corrected chi connectivity index (χ1v) is 14.2. The molecule has 37 heavy (non-hydrogen) atoms. The molecule has 6 fully saturated rings. The highest BCUT2D eigenvalue weighted by Gasteiger charge is 2.58. The Kier molecular flexibility index (Phi) is 6.63. The number of para-hydroxylation sites is 2. The molecule has 1 atom stereocenters. The van der Waals surface area contributed by atoms with Crippen LogP contribution in [-0.2, 0) is 14.4 Å². The zero-order valence-corrected chi connectivity index (χ0v) is 22.0. The predicted molar refractivity (Wildman–Crippen MR) is 140 cm³/mol. The first-order chi connectivity index (χ1) is 18.0. The van der Waals surface area contributed by atoms with Crippen molar-refractivity contribution in [3.05, 3.63) is 24.3 Å². The number of methoxy groups -OCH3 is 1. The Labute approximate surface area is 219 Å². The maximum atomic E-state index is 13.8. The van der Waals surface area contributed by atoms with Crippen LogP contribution < -0.4 is 15.0 Å². The van der Waals surface area contributed by atoms with Crippen molar-refractivity contribution in [3.63, 3.8) is 0 Å². The van der Waals surface area contributed by atoms with Gasteiger partial charge in [-0.15, -0.1) is 0 Å². The lowest BCUT2D eigenvalue weighted by Gasteiger charge is -2.56. The van der Waals surface area contributed by atoms with E-state index in [1.807, 2.05) is 18.2 Å². The normalized spacial score (nSPS) is 33.2. The van der Waals surface area contributed by atoms with Gasteiger partial charge in [-0.2, -0.15) is 0 Å². The van der Waals surface area contributed by atoms with Crippen molar-refractivity contribution < 1.29 is 19.1 Å². The predicted octanol–water partition coefficient (Wildman–Crippen LogP) is 2.67. The number of carbonyl (C=O) groups excluding carboxylic acids is 3. The Morgan fingerprint density at radius 1 is 1.00 bits per heavy atom. The molecule has 6 aliphatic rings. The lowest BCUT2D eigenvalue weighted by atomic mass is 9.49. The first kappa shape index (κ1) is 24.7. The molecule has 0 unspecified atom stereocenters. The summed E-state index contributed by atoms with van der Waals surface area (Å²) in [5, 5.41) is 3.05. The third-order valence-corrected chi connectivity index (χ3v) is 9.75.